The first-order chi connectivity index (χ1) is 18.3. The number of urea groups is 1. The Morgan fingerprint density at radius 3 is 2.39 bits per heavy atom. The molecule has 0 aliphatic heterocycles. The standard InChI is InChI=1S/C29H26BrClN6O/c1-17-12-18(2)27(19(3)13-17)36-29(38)34-21-10-8-20(9-11-21)15-32-26-14-25(22-6-4-5-7-24(22)31)35-28-23(30)16-33-37(26)28/h4-14,16,32H,15H2,1-3H3,(H2,34,36,38). The number of rotatable bonds is 6. The number of halogens is 2. The summed E-state index contributed by atoms with van der Waals surface area (Å²) < 4.78 is 2.54. The molecule has 5 rings (SSSR count). The number of carbonyl (C=O) groups is 1. The van der Waals surface area contributed by atoms with Crippen LogP contribution in [0.25, 0.3) is 16.9 Å². The van der Waals surface area contributed by atoms with Crippen molar-refractivity contribution in [3.05, 3.63) is 105 Å². The predicted octanol–water partition coefficient (Wildman–Crippen LogP) is 7.99. The van der Waals surface area contributed by atoms with Crippen molar-refractivity contribution in [2.24, 2.45) is 0 Å². The molecule has 192 valence electrons. The summed E-state index contributed by atoms with van der Waals surface area (Å²) in [4.78, 5) is 17.4. The first kappa shape index (κ1) is 25.8. The Hall–Kier alpha value is -3.88. The van der Waals surface area contributed by atoms with E-state index in [2.05, 4.69) is 49.1 Å². The van der Waals surface area contributed by atoms with Crippen molar-refractivity contribution in [3.63, 3.8) is 0 Å². The van der Waals surface area contributed by atoms with Gasteiger partial charge in [0.15, 0.2) is 5.65 Å². The number of nitrogens with zero attached hydrogens (tertiary/aromatic N) is 3. The van der Waals surface area contributed by atoms with E-state index in [9.17, 15) is 4.79 Å². The molecular weight excluding hydrogens is 564 g/mol. The average Bonchev–Trinajstić information content (AvgIpc) is 3.26. The van der Waals surface area contributed by atoms with Crippen LogP contribution in [0.1, 0.15) is 22.3 Å². The van der Waals surface area contributed by atoms with Gasteiger partial charge in [-0.25, -0.2) is 9.78 Å². The molecule has 0 unspecified atom stereocenters. The summed E-state index contributed by atoms with van der Waals surface area (Å²) in [5.41, 5.74) is 8.09. The number of nitrogens with one attached hydrogen (secondary N) is 3. The van der Waals surface area contributed by atoms with E-state index in [4.69, 9.17) is 16.6 Å². The summed E-state index contributed by atoms with van der Waals surface area (Å²) in [7, 11) is 0. The average molecular weight is 590 g/mol. The molecule has 0 radical (unpaired) electrons. The van der Waals surface area contributed by atoms with Gasteiger partial charge in [-0.15, -0.1) is 0 Å². The first-order valence-corrected chi connectivity index (χ1v) is 13.2. The van der Waals surface area contributed by atoms with E-state index < -0.39 is 0 Å². The van der Waals surface area contributed by atoms with Crippen molar-refractivity contribution >= 4 is 56.4 Å². The molecule has 3 N–H and O–H groups in total. The van der Waals surface area contributed by atoms with Gasteiger partial charge < -0.3 is 16.0 Å². The monoisotopic (exact) mass is 588 g/mol. The molecule has 2 aromatic heterocycles. The van der Waals surface area contributed by atoms with Gasteiger partial charge in [0.1, 0.15) is 5.82 Å². The fourth-order valence-electron chi connectivity index (χ4n) is 4.42. The lowest BCUT2D eigenvalue weighted by Crippen LogP contribution is -2.20. The Labute approximate surface area is 234 Å². The molecule has 5 aromatic rings. The fourth-order valence-corrected chi connectivity index (χ4v) is 5.00. The summed E-state index contributed by atoms with van der Waals surface area (Å²) in [6.07, 6.45) is 1.72. The van der Waals surface area contributed by atoms with E-state index in [1.807, 2.05) is 75.4 Å². The van der Waals surface area contributed by atoms with Gasteiger partial charge in [0.2, 0.25) is 0 Å². The van der Waals surface area contributed by atoms with Crippen LogP contribution in [0, 0.1) is 20.8 Å². The maximum absolute atomic E-state index is 12.6. The number of aryl methyl sites for hydroxylation is 3. The third kappa shape index (κ3) is 5.51. The lowest BCUT2D eigenvalue weighted by atomic mass is 10.1. The fraction of sp³-hybridized carbons (Fsp3) is 0.138. The van der Waals surface area contributed by atoms with Crippen LogP contribution in [0.3, 0.4) is 0 Å². The van der Waals surface area contributed by atoms with Crippen LogP contribution in [-0.4, -0.2) is 20.6 Å². The summed E-state index contributed by atoms with van der Waals surface area (Å²) in [5.74, 6) is 0.779. The van der Waals surface area contributed by atoms with Gasteiger partial charge in [0, 0.05) is 34.6 Å². The van der Waals surface area contributed by atoms with Gasteiger partial charge in [-0.2, -0.15) is 9.61 Å². The van der Waals surface area contributed by atoms with Gasteiger partial charge in [-0.05, 0) is 71.6 Å². The molecule has 0 aliphatic carbocycles. The number of benzene rings is 3. The number of hydrogen-bond acceptors (Lipinski definition) is 4. The highest BCUT2D eigenvalue weighted by molar-refractivity contribution is 9.10. The van der Waals surface area contributed by atoms with Gasteiger partial charge in [0.05, 0.1) is 16.4 Å². The topological polar surface area (TPSA) is 83.4 Å². The molecule has 0 aliphatic rings. The minimum absolute atomic E-state index is 0.276. The minimum Gasteiger partial charge on any atom is -0.366 e. The van der Waals surface area contributed by atoms with Crippen LogP contribution < -0.4 is 16.0 Å². The van der Waals surface area contributed by atoms with Gasteiger partial charge in [-0.1, -0.05) is 59.6 Å². The predicted molar refractivity (Wildman–Crippen MR) is 158 cm³/mol. The van der Waals surface area contributed by atoms with Crippen molar-refractivity contribution < 1.29 is 4.79 Å². The highest BCUT2D eigenvalue weighted by atomic mass is 79.9. The van der Waals surface area contributed by atoms with E-state index in [0.29, 0.717) is 22.9 Å². The van der Waals surface area contributed by atoms with Gasteiger partial charge in [-0.3, -0.25) is 0 Å². The quantitative estimate of drug-likeness (QED) is 0.187. The Kier molecular flexibility index (Phi) is 7.35. The largest absolute Gasteiger partial charge is 0.366 e. The highest BCUT2D eigenvalue weighted by Gasteiger charge is 2.13. The molecule has 0 spiro atoms. The molecule has 7 nitrogen and oxygen atoms in total. The van der Waals surface area contributed by atoms with Crippen molar-refractivity contribution in [1.29, 1.82) is 0 Å². The smallest absolute Gasteiger partial charge is 0.323 e. The lowest BCUT2D eigenvalue weighted by molar-refractivity contribution is 0.262. The van der Waals surface area contributed by atoms with Gasteiger partial charge in [0.25, 0.3) is 0 Å². The normalized spacial score (nSPS) is 11.0. The third-order valence-electron chi connectivity index (χ3n) is 6.18. The molecule has 38 heavy (non-hydrogen) atoms. The van der Waals surface area contributed by atoms with Crippen LogP contribution in [-0.2, 0) is 6.54 Å². The zero-order valence-corrected chi connectivity index (χ0v) is 23.5. The molecule has 0 atom stereocenters. The van der Waals surface area contributed by atoms with Crippen LogP contribution in [0.4, 0.5) is 22.0 Å². The van der Waals surface area contributed by atoms with E-state index in [1.54, 1.807) is 10.7 Å². The van der Waals surface area contributed by atoms with Crippen LogP contribution >= 0.6 is 27.5 Å². The Morgan fingerprint density at radius 2 is 1.68 bits per heavy atom. The van der Waals surface area contributed by atoms with Crippen molar-refractivity contribution in [2.45, 2.75) is 27.3 Å². The Morgan fingerprint density at radius 1 is 0.974 bits per heavy atom. The number of aromatic nitrogens is 3. The molecule has 0 bridgehead atoms. The Balaban J connectivity index is 1.29. The SMILES string of the molecule is Cc1cc(C)c(NC(=O)Nc2ccc(CNc3cc(-c4ccccc4Cl)nc4c(Br)cnn34)cc2)c(C)c1. The maximum Gasteiger partial charge on any atom is 0.323 e. The second-order valence-corrected chi connectivity index (χ2v) is 10.4. The van der Waals surface area contributed by atoms with Crippen molar-refractivity contribution in [3.8, 4) is 11.3 Å². The summed E-state index contributed by atoms with van der Waals surface area (Å²) >= 11 is 9.97. The lowest BCUT2D eigenvalue weighted by Gasteiger charge is -2.14. The molecule has 0 fully saturated rings. The number of hydrogen-bond donors (Lipinski definition) is 3. The maximum atomic E-state index is 12.6. The van der Waals surface area contributed by atoms with E-state index in [1.165, 1.54) is 5.56 Å². The highest BCUT2D eigenvalue weighted by Crippen LogP contribution is 2.30. The number of fused-ring (bicyclic) bond motifs is 1. The van der Waals surface area contributed by atoms with Crippen LogP contribution in [0.15, 0.2) is 77.4 Å². The van der Waals surface area contributed by atoms with Gasteiger partial charge >= 0.3 is 6.03 Å². The number of carbonyl (C=O) groups excluding carboxylic acids is 1. The van der Waals surface area contributed by atoms with E-state index in [-0.39, 0.29) is 6.03 Å². The summed E-state index contributed by atoms with van der Waals surface area (Å²) in [6, 6.07) is 21.1. The molecule has 3 aromatic carbocycles. The van der Waals surface area contributed by atoms with Crippen molar-refractivity contribution in [1.82, 2.24) is 14.6 Å². The zero-order valence-electron chi connectivity index (χ0n) is 21.1. The summed E-state index contributed by atoms with van der Waals surface area (Å²) in [6.45, 7) is 6.58. The number of anilines is 3. The van der Waals surface area contributed by atoms with E-state index in [0.717, 1.165) is 43.9 Å². The molecular formula is C29H26BrClN6O. The van der Waals surface area contributed by atoms with Crippen LogP contribution in [0.5, 0.6) is 0 Å². The summed E-state index contributed by atoms with van der Waals surface area (Å²) in [5, 5.41) is 14.4. The molecule has 2 amide bonds. The molecule has 0 saturated heterocycles. The second kappa shape index (κ2) is 10.8. The van der Waals surface area contributed by atoms with Crippen molar-refractivity contribution in [2.75, 3.05) is 16.0 Å². The third-order valence-corrected chi connectivity index (χ3v) is 7.07. The van der Waals surface area contributed by atoms with Crippen LogP contribution in [0.2, 0.25) is 5.02 Å². The molecule has 2 heterocycles. The minimum atomic E-state index is -0.276. The second-order valence-electron chi connectivity index (χ2n) is 9.14. The van der Waals surface area contributed by atoms with E-state index >= 15 is 0 Å². The molecule has 9 heteroatoms. The first-order valence-electron chi connectivity index (χ1n) is 12.1. The number of amides is 2. The Bertz CT molecular complexity index is 1620. The molecule has 0 saturated carbocycles. The zero-order chi connectivity index (χ0) is 26.8.